The number of hydrogen-bond acceptors (Lipinski definition) is 6. The third-order valence-electron chi connectivity index (χ3n) is 5.76. The average Bonchev–Trinajstić information content (AvgIpc) is 3.23. The van der Waals surface area contributed by atoms with Gasteiger partial charge >= 0.3 is 12.2 Å². The summed E-state index contributed by atoms with van der Waals surface area (Å²) in [7, 11) is 0. The number of amides is 2. The van der Waals surface area contributed by atoms with Gasteiger partial charge in [0.05, 0.1) is 12.6 Å². The van der Waals surface area contributed by atoms with Gasteiger partial charge in [-0.05, 0) is 31.9 Å². The van der Waals surface area contributed by atoms with Gasteiger partial charge in [0.1, 0.15) is 18.2 Å². The van der Waals surface area contributed by atoms with Crippen LogP contribution >= 0.6 is 0 Å². The fraction of sp³-hybridized carbons (Fsp3) is 0.400. The Morgan fingerprint density at radius 3 is 1.76 bits per heavy atom. The molecular weight excluding hydrogens is 424 g/mol. The highest BCUT2D eigenvalue weighted by Gasteiger charge is 2.41. The van der Waals surface area contributed by atoms with Gasteiger partial charge in [-0.15, -0.1) is 0 Å². The minimum absolute atomic E-state index is 0.0423. The number of rotatable bonds is 6. The molecule has 2 aliphatic heterocycles. The van der Waals surface area contributed by atoms with Crippen LogP contribution in [0.2, 0.25) is 0 Å². The number of nitrogens with zero attached hydrogens (tertiary/aromatic N) is 2. The van der Waals surface area contributed by atoms with Crippen molar-refractivity contribution in [1.29, 1.82) is 0 Å². The Hall–Kier alpha value is -3.39. The summed E-state index contributed by atoms with van der Waals surface area (Å²) < 4.78 is 10.2. The molecule has 176 valence electrons. The fourth-order valence-corrected chi connectivity index (χ4v) is 4.05. The first-order valence-electron chi connectivity index (χ1n) is 11.0. The number of hydrogen-bond donors (Lipinski definition) is 1. The van der Waals surface area contributed by atoms with Crippen molar-refractivity contribution in [3.05, 3.63) is 71.8 Å². The molecule has 2 aliphatic rings. The molecule has 8 heteroatoms. The molecule has 2 aromatic rings. The largest absolute Gasteiger partial charge is 0.444 e. The summed E-state index contributed by atoms with van der Waals surface area (Å²) in [6.45, 7) is 5.85. The summed E-state index contributed by atoms with van der Waals surface area (Å²) in [5, 5.41) is 9.23. The summed E-state index contributed by atoms with van der Waals surface area (Å²) in [5.74, 6) is -0.0423. The summed E-state index contributed by atoms with van der Waals surface area (Å²) >= 11 is 0. The van der Waals surface area contributed by atoms with E-state index in [1.807, 2.05) is 60.7 Å². The third-order valence-corrected chi connectivity index (χ3v) is 5.76. The summed E-state index contributed by atoms with van der Waals surface area (Å²) in [6, 6.07) is 18.5. The van der Waals surface area contributed by atoms with Gasteiger partial charge in [0.2, 0.25) is 0 Å². The Morgan fingerprint density at radius 2 is 1.27 bits per heavy atom. The van der Waals surface area contributed by atoms with Crippen LogP contribution in [0.3, 0.4) is 0 Å². The molecule has 2 fully saturated rings. The number of cyclic esters (lactones) is 2. The fourth-order valence-electron chi connectivity index (χ4n) is 4.05. The lowest BCUT2D eigenvalue weighted by Gasteiger charge is -2.21. The van der Waals surface area contributed by atoms with Gasteiger partial charge in [-0.1, -0.05) is 60.7 Å². The first-order chi connectivity index (χ1) is 15.8. The van der Waals surface area contributed by atoms with Crippen LogP contribution in [0, 0.1) is 0 Å². The van der Waals surface area contributed by atoms with E-state index in [4.69, 9.17) is 9.47 Å². The highest BCUT2D eigenvalue weighted by Crippen LogP contribution is 2.23. The standard InChI is InChI=1S/C13H15NO3.C12H15NO3/c1-9(15)12-10(2)17-13(16)14(12)8-11-6-4-3-5-7-11;1-9-11(8-14)13(12(15)16-9)7-10-5-3-2-4-6-10/h3-7,10,12H,8H2,1-2H3;2-6,9,11,14H,7-8H2,1H3/t10-,12-;9-,11-/m11/s1. The molecule has 33 heavy (non-hydrogen) atoms. The zero-order chi connectivity index (χ0) is 24.0. The predicted molar refractivity (Wildman–Crippen MR) is 121 cm³/mol. The van der Waals surface area contributed by atoms with Gasteiger partial charge in [0.25, 0.3) is 0 Å². The van der Waals surface area contributed by atoms with Crippen molar-refractivity contribution in [3.63, 3.8) is 0 Å². The average molecular weight is 455 g/mol. The SMILES string of the molecule is CC(=O)[C@@H]1[C@@H](C)OC(=O)N1Cc1ccccc1.C[C@H]1OC(=O)N(Cc2ccccc2)[C@@H]1CO. The van der Waals surface area contributed by atoms with E-state index in [1.54, 1.807) is 18.7 Å². The highest BCUT2D eigenvalue weighted by atomic mass is 16.6. The molecule has 8 nitrogen and oxygen atoms in total. The van der Waals surface area contributed by atoms with Gasteiger partial charge in [-0.25, -0.2) is 9.59 Å². The van der Waals surface area contributed by atoms with E-state index in [-0.39, 0.29) is 36.7 Å². The molecule has 0 bridgehead atoms. The normalized spacial score (nSPS) is 24.1. The van der Waals surface area contributed by atoms with Crippen LogP contribution in [0.15, 0.2) is 60.7 Å². The van der Waals surface area contributed by atoms with Crippen molar-refractivity contribution in [2.45, 2.75) is 58.2 Å². The maximum atomic E-state index is 11.7. The van der Waals surface area contributed by atoms with Crippen molar-refractivity contribution < 1.29 is 29.0 Å². The Labute approximate surface area is 193 Å². The van der Waals surface area contributed by atoms with Gasteiger partial charge in [0, 0.05) is 13.1 Å². The van der Waals surface area contributed by atoms with Crippen molar-refractivity contribution in [1.82, 2.24) is 9.80 Å². The lowest BCUT2D eigenvalue weighted by atomic mass is 10.1. The van der Waals surface area contributed by atoms with E-state index >= 15 is 0 Å². The second-order valence-corrected chi connectivity index (χ2v) is 8.21. The molecule has 0 radical (unpaired) electrons. The molecule has 2 amide bonds. The molecule has 4 rings (SSSR count). The molecule has 1 N–H and O–H groups in total. The zero-order valence-electron chi connectivity index (χ0n) is 19.1. The van der Waals surface area contributed by atoms with Crippen LogP contribution in [-0.4, -0.2) is 63.8 Å². The molecule has 0 aromatic heterocycles. The van der Waals surface area contributed by atoms with Crippen molar-refractivity contribution in [2.24, 2.45) is 0 Å². The van der Waals surface area contributed by atoms with E-state index in [9.17, 15) is 19.5 Å². The maximum absolute atomic E-state index is 11.7. The van der Waals surface area contributed by atoms with Crippen LogP contribution < -0.4 is 0 Å². The van der Waals surface area contributed by atoms with Crippen molar-refractivity contribution in [2.75, 3.05) is 6.61 Å². The predicted octanol–water partition coefficient (Wildman–Crippen LogP) is 3.37. The summed E-state index contributed by atoms with van der Waals surface area (Å²) in [4.78, 5) is 37.8. The molecule has 2 heterocycles. The lowest BCUT2D eigenvalue weighted by molar-refractivity contribution is -0.121. The molecule has 2 saturated heterocycles. The number of carbonyl (C=O) groups excluding carboxylic acids is 3. The second kappa shape index (κ2) is 11.0. The number of carbonyl (C=O) groups is 3. The van der Waals surface area contributed by atoms with Crippen LogP contribution in [0.25, 0.3) is 0 Å². The van der Waals surface area contributed by atoms with Crippen molar-refractivity contribution in [3.8, 4) is 0 Å². The highest BCUT2D eigenvalue weighted by molar-refractivity contribution is 5.88. The Kier molecular flexibility index (Phi) is 8.06. The van der Waals surface area contributed by atoms with E-state index in [0.717, 1.165) is 11.1 Å². The Balaban J connectivity index is 0.000000186. The zero-order valence-corrected chi connectivity index (χ0v) is 19.1. The number of ketones is 1. The molecule has 4 atom stereocenters. The molecule has 0 spiro atoms. The van der Waals surface area contributed by atoms with Gasteiger partial charge < -0.3 is 14.6 Å². The smallest absolute Gasteiger partial charge is 0.411 e. The number of aliphatic hydroxyl groups excluding tert-OH is 1. The van der Waals surface area contributed by atoms with Gasteiger partial charge in [0.15, 0.2) is 5.78 Å². The number of aliphatic hydroxyl groups is 1. The van der Waals surface area contributed by atoms with Crippen LogP contribution in [-0.2, 0) is 27.4 Å². The van der Waals surface area contributed by atoms with E-state index in [0.29, 0.717) is 13.1 Å². The summed E-state index contributed by atoms with van der Waals surface area (Å²) in [6.07, 6.45) is -1.39. The Morgan fingerprint density at radius 1 is 0.818 bits per heavy atom. The van der Waals surface area contributed by atoms with Gasteiger partial charge in [-0.2, -0.15) is 0 Å². The molecule has 0 aliphatic carbocycles. The number of ether oxygens (including phenoxy) is 2. The van der Waals surface area contributed by atoms with Crippen LogP contribution in [0.1, 0.15) is 31.9 Å². The monoisotopic (exact) mass is 454 g/mol. The molecule has 0 saturated carbocycles. The van der Waals surface area contributed by atoms with Crippen LogP contribution in [0.5, 0.6) is 0 Å². The quantitative estimate of drug-likeness (QED) is 0.719. The molecule has 0 unspecified atom stereocenters. The molecule has 2 aromatic carbocycles. The maximum Gasteiger partial charge on any atom is 0.411 e. The van der Waals surface area contributed by atoms with E-state index in [1.165, 1.54) is 11.8 Å². The topological polar surface area (TPSA) is 96.4 Å². The minimum Gasteiger partial charge on any atom is -0.444 e. The van der Waals surface area contributed by atoms with Gasteiger partial charge in [-0.3, -0.25) is 14.6 Å². The lowest BCUT2D eigenvalue weighted by Crippen LogP contribution is -2.40. The second-order valence-electron chi connectivity index (χ2n) is 8.21. The third kappa shape index (κ3) is 5.90. The molecular formula is C25H30N2O6. The first-order valence-corrected chi connectivity index (χ1v) is 11.0. The number of Topliss-reactive ketones (excluding diaryl/α,β-unsaturated/α-hetero) is 1. The Bertz CT molecular complexity index is 952. The summed E-state index contributed by atoms with van der Waals surface area (Å²) in [5.41, 5.74) is 2.02. The van der Waals surface area contributed by atoms with Crippen molar-refractivity contribution >= 4 is 18.0 Å². The first kappa shape index (κ1) is 24.3. The van der Waals surface area contributed by atoms with E-state index < -0.39 is 12.1 Å². The van der Waals surface area contributed by atoms with E-state index in [2.05, 4.69) is 0 Å². The minimum atomic E-state index is -0.470. The number of benzene rings is 2. The van der Waals surface area contributed by atoms with Crippen LogP contribution in [0.4, 0.5) is 9.59 Å².